The molecule has 0 heterocycles. The molecule has 0 bridgehead atoms. The third-order valence-electron chi connectivity index (χ3n) is 11.3. The van der Waals surface area contributed by atoms with E-state index >= 15 is 0 Å². The van der Waals surface area contributed by atoms with Crippen LogP contribution in [-0.4, -0.2) is 78.5 Å². The van der Waals surface area contributed by atoms with Crippen molar-refractivity contribution < 1.29 is 0 Å². The van der Waals surface area contributed by atoms with Crippen LogP contribution in [0.1, 0.15) is 79.0 Å². The summed E-state index contributed by atoms with van der Waals surface area (Å²) in [5.74, 6) is 0. The molecular formula is C48H42B10BrN3. The van der Waals surface area contributed by atoms with E-state index in [1.165, 1.54) is 11.1 Å². The molecule has 0 aliphatic carbocycles. The molecule has 1 N–H and O–H groups in total. The largest absolute Gasteiger partial charge is 0.354 e. The zero-order valence-electron chi connectivity index (χ0n) is 37.1. The minimum atomic E-state index is -0.240. The van der Waals surface area contributed by atoms with Crippen molar-refractivity contribution in [3.05, 3.63) is 106 Å². The van der Waals surface area contributed by atoms with E-state index in [1.54, 1.807) is 4.90 Å². The van der Waals surface area contributed by atoms with Gasteiger partial charge in [-0.1, -0.05) is 114 Å². The van der Waals surface area contributed by atoms with E-state index in [2.05, 4.69) is 149 Å². The Hall–Kier alpha value is -4.15. The fourth-order valence-corrected chi connectivity index (χ4v) is 7.85. The van der Waals surface area contributed by atoms with Gasteiger partial charge in [0.1, 0.15) is 78.5 Å². The van der Waals surface area contributed by atoms with E-state index in [0.717, 1.165) is 32.8 Å². The number of halogens is 1. The highest BCUT2D eigenvalue weighted by molar-refractivity contribution is 9.10. The molecule has 0 aromatic heterocycles. The van der Waals surface area contributed by atoms with Crippen LogP contribution in [0, 0.1) is 0 Å². The molecule has 6 aromatic carbocycles. The summed E-state index contributed by atoms with van der Waals surface area (Å²) in [5.41, 5.74) is 8.96. The Labute approximate surface area is 392 Å². The van der Waals surface area contributed by atoms with E-state index < -0.39 is 0 Å². The maximum absolute atomic E-state index is 6.70. The van der Waals surface area contributed by atoms with Gasteiger partial charge in [0.05, 0.1) is 15.8 Å². The van der Waals surface area contributed by atoms with Gasteiger partial charge < -0.3 is 15.1 Å². The first-order chi connectivity index (χ1) is 28.7. The summed E-state index contributed by atoms with van der Waals surface area (Å²) >= 11 is 4.07. The van der Waals surface area contributed by atoms with Gasteiger partial charge in [-0.05, 0) is 103 Å². The highest BCUT2D eigenvalue weighted by Gasteiger charge is 2.27. The van der Waals surface area contributed by atoms with Crippen molar-refractivity contribution in [2.75, 3.05) is 15.1 Å². The summed E-state index contributed by atoms with van der Waals surface area (Å²) in [4.78, 5) is 3.90. The summed E-state index contributed by atoms with van der Waals surface area (Å²) in [6.07, 6.45) is 0. The minimum absolute atomic E-state index is 0.0132. The van der Waals surface area contributed by atoms with Gasteiger partial charge in [0.2, 0.25) is 0 Å². The lowest BCUT2D eigenvalue weighted by molar-refractivity contribution is 0.589. The highest BCUT2D eigenvalue weighted by atomic mass is 79.9. The van der Waals surface area contributed by atoms with Gasteiger partial charge >= 0.3 is 0 Å². The van der Waals surface area contributed by atoms with Crippen molar-refractivity contribution in [2.45, 2.75) is 78.6 Å². The number of nitrogens with one attached hydrogen (secondary N) is 1. The topological polar surface area (TPSA) is 18.5 Å². The first-order valence-corrected chi connectivity index (χ1v) is 21.1. The van der Waals surface area contributed by atoms with Gasteiger partial charge in [-0.15, -0.1) is 32.8 Å². The summed E-state index contributed by atoms with van der Waals surface area (Å²) in [7, 11) is 64.9. The summed E-state index contributed by atoms with van der Waals surface area (Å²) in [6, 6.07) is 29.4. The van der Waals surface area contributed by atoms with Gasteiger partial charge in [0.15, 0.2) is 0 Å². The molecular weight excluding hydrogens is 807 g/mol. The summed E-state index contributed by atoms with van der Waals surface area (Å²) in [6.45, 7) is 19.9. The lowest BCUT2D eigenvalue weighted by Gasteiger charge is -2.37. The fraction of sp³-hybridized carbons (Fsp3) is 0.250. The minimum Gasteiger partial charge on any atom is -0.354 e. The fourth-order valence-electron chi connectivity index (χ4n) is 7.35. The molecule has 62 heavy (non-hydrogen) atoms. The molecule has 0 amide bonds. The molecule has 6 rings (SSSR count). The summed E-state index contributed by atoms with van der Waals surface area (Å²) in [5, 5.41) is 3.70. The van der Waals surface area contributed by atoms with Crippen LogP contribution in [0.3, 0.4) is 0 Å². The van der Waals surface area contributed by atoms with Crippen molar-refractivity contribution in [1.82, 2.24) is 0 Å². The predicted molar refractivity (Wildman–Crippen MR) is 283 cm³/mol. The van der Waals surface area contributed by atoms with Crippen molar-refractivity contribution in [1.29, 1.82) is 0 Å². The SMILES string of the molecule is [B]c1c([B])c([B])c(N(c2cccc(Nc3cc(C(C)(C)C)cc(N(c4ccc(C(C)(C)C)cc4)c4ccc(C(C)(C)C)cc4)c3Br)c2)c2c([B])c([B])c([B])c([B])c2[B])c([B])c1[B]. The molecule has 14 heteroatoms. The smallest absolute Gasteiger partial charge is 0.115 e. The number of anilines is 8. The molecule has 0 spiro atoms. The van der Waals surface area contributed by atoms with Gasteiger partial charge in [-0.25, -0.2) is 0 Å². The van der Waals surface area contributed by atoms with Crippen LogP contribution in [0.25, 0.3) is 0 Å². The molecule has 286 valence electrons. The molecule has 20 radical (unpaired) electrons. The van der Waals surface area contributed by atoms with Crippen LogP contribution < -0.4 is 69.7 Å². The quantitative estimate of drug-likeness (QED) is 0.238. The molecule has 0 atom stereocenters. The van der Waals surface area contributed by atoms with Crippen LogP contribution in [0.2, 0.25) is 0 Å². The number of nitrogens with zero attached hydrogens (tertiary/aromatic N) is 2. The Balaban J connectivity index is 1.58. The zero-order valence-corrected chi connectivity index (χ0v) is 38.7. The molecule has 0 fully saturated rings. The van der Waals surface area contributed by atoms with Crippen LogP contribution in [0.4, 0.5) is 45.5 Å². The normalized spacial score (nSPS) is 12.0. The maximum atomic E-state index is 6.70. The average Bonchev–Trinajstić information content (AvgIpc) is 3.21. The van der Waals surface area contributed by atoms with E-state index in [1.807, 2.05) is 24.3 Å². The van der Waals surface area contributed by atoms with Crippen LogP contribution in [-0.2, 0) is 16.2 Å². The number of hydrogen-bond donors (Lipinski definition) is 1. The van der Waals surface area contributed by atoms with Crippen LogP contribution >= 0.6 is 15.9 Å². The highest BCUT2D eigenvalue weighted by Crippen LogP contribution is 2.46. The van der Waals surface area contributed by atoms with E-state index in [4.69, 9.17) is 78.5 Å². The van der Waals surface area contributed by atoms with E-state index in [9.17, 15) is 0 Å². The number of benzene rings is 6. The van der Waals surface area contributed by atoms with Crippen molar-refractivity contribution in [3.63, 3.8) is 0 Å². The lowest BCUT2D eigenvalue weighted by Crippen LogP contribution is -2.59. The summed E-state index contributed by atoms with van der Waals surface area (Å²) < 4.78 is 0.827. The van der Waals surface area contributed by atoms with Crippen molar-refractivity contribution in [3.8, 4) is 0 Å². The molecule has 0 aliphatic rings. The molecule has 6 aromatic rings. The van der Waals surface area contributed by atoms with E-state index in [0.29, 0.717) is 11.4 Å². The number of hydrogen-bond acceptors (Lipinski definition) is 3. The van der Waals surface area contributed by atoms with Gasteiger partial charge in [-0.2, -0.15) is 0 Å². The van der Waals surface area contributed by atoms with Gasteiger partial charge in [-0.3, -0.25) is 0 Å². The second-order valence-corrected chi connectivity index (χ2v) is 19.7. The second-order valence-electron chi connectivity index (χ2n) is 18.9. The molecule has 3 nitrogen and oxygen atoms in total. The van der Waals surface area contributed by atoms with Crippen LogP contribution in [0.5, 0.6) is 0 Å². The Morgan fingerprint density at radius 2 is 0.774 bits per heavy atom. The first kappa shape index (κ1) is 47.3. The molecule has 0 saturated heterocycles. The Kier molecular flexibility index (Phi) is 13.3. The Bertz CT molecular complexity index is 2500. The molecule has 0 saturated carbocycles. The van der Waals surface area contributed by atoms with E-state index in [-0.39, 0.29) is 82.2 Å². The lowest BCUT2D eigenvalue weighted by atomic mass is 9.60. The van der Waals surface area contributed by atoms with Gasteiger partial charge in [0.25, 0.3) is 0 Å². The van der Waals surface area contributed by atoms with Crippen LogP contribution in [0.15, 0.2) is 89.4 Å². The molecule has 0 aliphatic heterocycles. The first-order valence-electron chi connectivity index (χ1n) is 20.3. The van der Waals surface area contributed by atoms with Gasteiger partial charge in [0, 0.05) is 34.1 Å². The predicted octanol–water partition coefficient (Wildman–Crippen LogP) is 2.96. The number of rotatable bonds is 8. The monoisotopic (exact) mass is 849 g/mol. The third-order valence-corrected chi connectivity index (χ3v) is 12.1. The Morgan fingerprint density at radius 1 is 0.403 bits per heavy atom. The molecule has 0 unspecified atom stereocenters. The average molecular weight is 849 g/mol. The maximum Gasteiger partial charge on any atom is 0.115 e. The third kappa shape index (κ3) is 9.10. The second kappa shape index (κ2) is 17.4. The zero-order chi connectivity index (χ0) is 46.0. The van der Waals surface area contributed by atoms with Crippen molar-refractivity contribution in [2.24, 2.45) is 0 Å². The standard InChI is InChI=1S/C48H42B10BrN3/c1-46(2,3)24-13-17-28(18-14-24)61(29-19-15-25(16-20-29)47(4,5)6)32-22-26(48(7,8)9)21-31(43(32)59)60-27-11-10-12-30(23-27)62(44-39(55)35(51)33(49)36(52)40(44)56)45-41(57)37(53)34(50)38(54)42(45)58/h10-23,60H,1-9H3. The van der Waals surface area contributed by atoms with Crippen molar-refractivity contribution >= 4 is 195 Å². The Morgan fingerprint density at radius 3 is 1.15 bits per heavy atom.